The molecule has 0 bridgehead atoms. The number of carbonyl (C=O) groups is 2. The second-order valence-corrected chi connectivity index (χ2v) is 5.59. The minimum absolute atomic E-state index is 0. The molecule has 2 aliphatic rings. The molecule has 23 heavy (non-hydrogen) atoms. The third kappa shape index (κ3) is 6.81. The highest BCUT2D eigenvalue weighted by molar-refractivity contribution is 5.85. The number of amides is 2. The molecule has 0 aromatic heterocycles. The Morgan fingerprint density at radius 2 is 2.09 bits per heavy atom. The molecule has 2 fully saturated rings. The lowest BCUT2D eigenvalue weighted by atomic mass is 10.0. The van der Waals surface area contributed by atoms with Gasteiger partial charge in [-0.1, -0.05) is 0 Å². The van der Waals surface area contributed by atoms with Crippen LogP contribution in [0.1, 0.15) is 25.7 Å². The summed E-state index contributed by atoms with van der Waals surface area (Å²) in [6.07, 6.45) is 2.97. The van der Waals surface area contributed by atoms with Crippen molar-refractivity contribution in [2.45, 2.75) is 37.8 Å². The Balaban J connectivity index is 0.00000242. The van der Waals surface area contributed by atoms with E-state index >= 15 is 0 Å². The fraction of sp³-hybridized carbons (Fsp3) is 0.857. The number of ether oxygens (including phenoxy) is 1. The molecule has 2 heterocycles. The zero-order chi connectivity index (χ0) is 15.1. The first-order chi connectivity index (χ1) is 10.2. The molecule has 2 amide bonds. The summed E-state index contributed by atoms with van der Waals surface area (Å²) in [5, 5.41) is 6.05. The van der Waals surface area contributed by atoms with Crippen LogP contribution >= 0.6 is 24.8 Å². The maximum Gasteiger partial charge on any atom is 0.253 e. The van der Waals surface area contributed by atoms with Gasteiger partial charge in [0.1, 0.15) is 6.10 Å². The van der Waals surface area contributed by atoms with Crippen LogP contribution in [0.5, 0.6) is 0 Å². The van der Waals surface area contributed by atoms with Gasteiger partial charge in [-0.05, 0) is 19.3 Å². The number of carbonyl (C=O) groups excluding carboxylic acids is 2. The highest BCUT2D eigenvalue weighted by atomic mass is 35.5. The topological polar surface area (TPSA) is 96.7 Å². The van der Waals surface area contributed by atoms with Crippen molar-refractivity contribution in [1.82, 2.24) is 15.5 Å². The van der Waals surface area contributed by atoms with Crippen LogP contribution in [-0.4, -0.2) is 68.2 Å². The minimum atomic E-state index is -0.390. The lowest BCUT2D eigenvalue weighted by Gasteiger charge is -2.38. The number of piperidine rings is 1. The SMILES string of the molecule is Cl.Cl.NCCC(=O)NCC1CCCCN1C(=O)[C@H]1CNCCO1. The van der Waals surface area contributed by atoms with Crippen molar-refractivity contribution in [3.8, 4) is 0 Å². The van der Waals surface area contributed by atoms with Crippen LogP contribution < -0.4 is 16.4 Å². The summed E-state index contributed by atoms with van der Waals surface area (Å²) in [6, 6.07) is 0.0681. The summed E-state index contributed by atoms with van der Waals surface area (Å²) in [7, 11) is 0. The highest BCUT2D eigenvalue weighted by Crippen LogP contribution is 2.18. The number of halogens is 2. The fourth-order valence-corrected chi connectivity index (χ4v) is 2.86. The van der Waals surface area contributed by atoms with Crippen molar-refractivity contribution in [1.29, 1.82) is 0 Å². The van der Waals surface area contributed by atoms with Crippen LogP contribution in [0.3, 0.4) is 0 Å². The average molecular weight is 371 g/mol. The molecule has 136 valence electrons. The van der Waals surface area contributed by atoms with Gasteiger partial charge in [-0.2, -0.15) is 0 Å². The zero-order valence-electron chi connectivity index (χ0n) is 13.3. The van der Waals surface area contributed by atoms with Crippen molar-refractivity contribution in [2.24, 2.45) is 5.73 Å². The van der Waals surface area contributed by atoms with E-state index in [1.54, 1.807) is 0 Å². The van der Waals surface area contributed by atoms with Gasteiger partial charge in [0.25, 0.3) is 5.91 Å². The normalized spacial score (nSPS) is 24.1. The monoisotopic (exact) mass is 370 g/mol. The van der Waals surface area contributed by atoms with E-state index < -0.39 is 0 Å². The van der Waals surface area contributed by atoms with Crippen molar-refractivity contribution in [2.75, 3.05) is 39.3 Å². The molecule has 2 aliphatic heterocycles. The molecule has 2 rings (SSSR count). The summed E-state index contributed by atoms with van der Waals surface area (Å²) in [5.74, 6) is -0.00831. The number of nitrogens with one attached hydrogen (secondary N) is 2. The van der Waals surface area contributed by atoms with Crippen molar-refractivity contribution < 1.29 is 14.3 Å². The third-order valence-corrected chi connectivity index (χ3v) is 4.02. The Labute approximate surface area is 149 Å². The van der Waals surface area contributed by atoms with Gasteiger partial charge in [0.15, 0.2) is 0 Å². The first kappa shape index (κ1) is 22.4. The number of hydrogen-bond acceptors (Lipinski definition) is 5. The Bertz CT molecular complexity index is 368. The molecule has 0 aromatic rings. The summed E-state index contributed by atoms with van der Waals surface area (Å²) < 4.78 is 5.55. The van der Waals surface area contributed by atoms with Gasteiger partial charge < -0.3 is 26.0 Å². The van der Waals surface area contributed by atoms with Gasteiger partial charge in [-0.25, -0.2) is 0 Å². The van der Waals surface area contributed by atoms with Crippen LogP contribution in [0.25, 0.3) is 0 Å². The van der Waals surface area contributed by atoms with E-state index in [1.165, 1.54) is 0 Å². The summed E-state index contributed by atoms with van der Waals surface area (Å²) in [5.41, 5.74) is 5.36. The van der Waals surface area contributed by atoms with Gasteiger partial charge in [-0.15, -0.1) is 24.8 Å². The van der Waals surface area contributed by atoms with Crippen LogP contribution in [0.4, 0.5) is 0 Å². The summed E-state index contributed by atoms with van der Waals surface area (Å²) in [4.78, 5) is 26.0. The van der Waals surface area contributed by atoms with Gasteiger partial charge in [0.2, 0.25) is 5.91 Å². The second kappa shape index (κ2) is 11.9. The molecule has 0 spiro atoms. The number of nitrogens with two attached hydrogens (primary N) is 1. The number of likely N-dealkylation sites (tertiary alicyclic amines) is 1. The zero-order valence-corrected chi connectivity index (χ0v) is 14.9. The Hall–Kier alpha value is -0.600. The molecule has 0 aromatic carbocycles. The highest BCUT2D eigenvalue weighted by Gasteiger charge is 2.32. The quantitative estimate of drug-likeness (QED) is 0.615. The number of rotatable bonds is 5. The minimum Gasteiger partial charge on any atom is -0.366 e. The fourth-order valence-electron chi connectivity index (χ4n) is 2.86. The lowest BCUT2D eigenvalue weighted by Crippen LogP contribution is -2.56. The first-order valence-corrected chi connectivity index (χ1v) is 7.82. The van der Waals surface area contributed by atoms with Gasteiger partial charge in [0.05, 0.1) is 6.61 Å². The average Bonchev–Trinajstić information content (AvgIpc) is 2.54. The third-order valence-electron chi connectivity index (χ3n) is 4.02. The second-order valence-electron chi connectivity index (χ2n) is 5.59. The maximum atomic E-state index is 12.6. The predicted molar refractivity (Wildman–Crippen MR) is 93.1 cm³/mol. The first-order valence-electron chi connectivity index (χ1n) is 7.82. The van der Waals surface area contributed by atoms with E-state index in [2.05, 4.69) is 10.6 Å². The lowest BCUT2D eigenvalue weighted by molar-refractivity contribution is -0.149. The number of morpholine rings is 1. The standard InChI is InChI=1S/C14H26N4O3.2ClH/c15-5-4-13(19)17-9-11-3-1-2-7-18(11)14(20)12-10-16-6-8-21-12;;/h11-12,16H,1-10,15H2,(H,17,19);2*1H/t11?,12-;;/m1../s1. The van der Waals surface area contributed by atoms with E-state index in [0.29, 0.717) is 32.7 Å². The Kier molecular flexibility index (Phi) is 11.6. The molecular weight excluding hydrogens is 343 g/mol. The Morgan fingerprint density at radius 3 is 2.74 bits per heavy atom. The van der Waals surface area contributed by atoms with Crippen molar-refractivity contribution >= 4 is 36.6 Å². The maximum absolute atomic E-state index is 12.6. The molecule has 0 saturated carbocycles. The van der Waals surface area contributed by atoms with Gasteiger partial charge in [-0.3, -0.25) is 9.59 Å². The van der Waals surface area contributed by atoms with Crippen LogP contribution in [0, 0.1) is 0 Å². The van der Waals surface area contributed by atoms with Crippen molar-refractivity contribution in [3.05, 3.63) is 0 Å². The van der Waals surface area contributed by atoms with Gasteiger partial charge in [0, 0.05) is 45.2 Å². The number of hydrogen-bond donors (Lipinski definition) is 3. The van der Waals surface area contributed by atoms with Gasteiger partial charge >= 0.3 is 0 Å². The molecule has 4 N–H and O–H groups in total. The molecule has 2 saturated heterocycles. The van der Waals surface area contributed by atoms with Crippen LogP contribution in [0.2, 0.25) is 0 Å². The molecule has 9 heteroatoms. The molecule has 1 unspecified atom stereocenters. The number of nitrogens with zero attached hydrogens (tertiary/aromatic N) is 1. The summed E-state index contributed by atoms with van der Waals surface area (Å²) in [6.45, 7) is 3.54. The van der Waals surface area contributed by atoms with E-state index in [1.807, 2.05) is 4.90 Å². The molecule has 0 aliphatic carbocycles. The molecule has 2 atom stereocenters. The van der Waals surface area contributed by atoms with E-state index in [0.717, 1.165) is 32.4 Å². The van der Waals surface area contributed by atoms with E-state index in [9.17, 15) is 9.59 Å². The summed E-state index contributed by atoms with van der Waals surface area (Å²) >= 11 is 0. The molecule has 0 radical (unpaired) electrons. The smallest absolute Gasteiger partial charge is 0.253 e. The largest absolute Gasteiger partial charge is 0.366 e. The Morgan fingerprint density at radius 1 is 1.30 bits per heavy atom. The molecular formula is C14H28Cl2N4O3. The predicted octanol–water partition coefficient (Wildman–Crippen LogP) is -0.335. The van der Waals surface area contributed by atoms with E-state index in [-0.39, 0.29) is 48.8 Å². The van der Waals surface area contributed by atoms with E-state index in [4.69, 9.17) is 10.5 Å². The molecule has 7 nitrogen and oxygen atoms in total. The van der Waals surface area contributed by atoms with Crippen LogP contribution in [0.15, 0.2) is 0 Å². The van der Waals surface area contributed by atoms with Crippen LogP contribution in [-0.2, 0) is 14.3 Å². The van der Waals surface area contributed by atoms with Crippen molar-refractivity contribution in [3.63, 3.8) is 0 Å².